The third-order valence-electron chi connectivity index (χ3n) is 4.20. The van der Waals surface area contributed by atoms with Crippen LogP contribution in [-0.2, 0) is 4.79 Å². The SMILES string of the molecule is COc1ccc(C#CC2=CCC(C)C(C(=O)O)=C2n2cccc2)cc1. The lowest BCUT2D eigenvalue weighted by Crippen LogP contribution is -2.18. The quantitative estimate of drug-likeness (QED) is 0.869. The van der Waals surface area contributed by atoms with Crippen molar-refractivity contribution in [2.24, 2.45) is 5.92 Å². The number of hydrogen-bond acceptors (Lipinski definition) is 2. The molecule has 1 unspecified atom stereocenters. The molecule has 1 aliphatic rings. The molecule has 1 atom stereocenters. The van der Waals surface area contributed by atoms with Crippen LogP contribution in [0.2, 0.25) is 0 Å². The standard InChI is InChI=1S/C21H19NO3/c1-15-5-9-17(10-6-16-7-11-18(25-2)12-8-16)20(19(15)21(23)24)22-13-3-4-14-22/h3-4,7-9,11-15H,5H2,1-2H3,(H,23,24). The molecule has 25 heavy (non-hydrogen) atoms. The van der Waals surface area contributed by atoms with E-state index in [1.807, 2.05) is 66.4 Å². The Kier molecular flexibility index (Phi) is 4.76. The first-order chi connectivity index (χ1) is 12.1. The summed E-state index contributed by atoms with van der Waals surface area (Å²) in [5, 5.41) is 9.68. The van der Waals surface area contributed by atoms with Crippen molar-refractivity contribution < 1.29 is 14.6 Å². The summed E-state index contributed by atoms with van der Waals surface area (Å²) in [5.74, 6) is 6.09. The fourth-order valence-corrected chi connectivity index (χ4v) is 2.89. The van der Waals surface area contributed by atoms with E-state index in [2.05, 4.69) is 11.8 Å². The zero-order valence-electron chi connectivity index (χ0n) is 14.2. The number of ether oxygens (including phenoxy) is 1. The second kappa shape index (κ2) is 7.14. The van der Waals surface area contributed by atoms with E-state index < -0.39 is 5.97 Å². The Labute approximate surface area is 147 Å². The monoisotopic (exact) mass is 333 g/mol. The topological polar surface area (TPSA) is 51.5 Å². The fraction of sp³-hybridized carbons (Fsp3) is 0.190. The smallest absolute Gasteiger partial charge is 0.334 e. The maximum Gasteiger partial charge on any atom is 0.334 e. The first kappa shape index (κ1) is 16.7. The van der Waals surface area contributed by atoms with Gasteiger partial charge in [0.25, 0.3) is 0 Å². The molecule has 0 fully saturated rings. The second-order valence-electron chi connectivity index (χ2n) is 5.89. The summed E-state index contributed by atoms with van der Waals surface area (Å²) in [7, 11) is 1.62. The van der Waals surface area contributed by atoms with E-state index in [1.165, 1.54) is 0 Å². The number of aromatic nitrogens is 1. The number of benzene rings is 1. The molecule has 126 valence electrons. The molecule has 0 aliphatic heterocycles. The largest absolute Gasteiger partial charge is 0.497 e. The maximum absolute atomic E-state index is 11.8. The van der Waals surface area contributed by atoms with Crippen LogP contribution in [0.15, 0.2) is 66.0 Å². The van der Waals surface area contributed by atoms with Crippen molar-refractivity contribution in [3.8, 4) is 17.6 Å². The minimum atomic E-state index is -0.895. The molecule has 0 saturated heterocycles. The van der Waals surface area contributed by atoms with Crippen molar-refractivity contribution in [2.75, 3.05) is 7.11 Å². The number of methoxy groups -OCH3 is 1. The third kappa shape index (κ3) is 3.51. The van der Waals surface area contributed by atoms with E-state index in [4.69, 9.17) is 4.74 Å². The van der Waals surface area contributed by atoms with Gasteiger partial charge in [0.1, 0.15) is 5.75 Å². The number of carboxylic acid groups (broad SMARTS) is 1. The Morgan fingerprint density at radius 1 is 1.20 bits per heavy atom. The van der Waals surface area contributed by atoms with Gasteiger partial charge in [0.15, 0.2) is 0 Å². The van der Waals surface area contributed by atoms with Crippen LogP contribution in [0, 0.1) is 17.8 Å². The average Bonchev–Trinajstić information content (AvgIpc) is 3.14. The molecule has 1 aliphatic carbocycles. The summed E-state index contributed by atoms with van der Waals surface area (Å²) in [6.45, 7) is 1.93. The molecule has 0 bridgehead atoms. The molecule has 1 N–H and O–H groups in total. The molecule has 1 heterocycles. The van der Waals surface area contributed by atoms with Crippen LogP contribution >= 0.6 is 0 Å². The highest BCUT2D eigenvalue weighted by molar-refractivity contribution is 5.98. The lowest BCUT2D eigenvalue weighted by molar-refractivity contribution is -0.133. The van der Waals surface area contributed by atoms with Gasteiger partial charge in [0, 0.05) is 23.5 Å². The predicted molar refractivity (Wildman–Crippen MR) is 97.0 cm³/mol. The molecular formula is C21H19NO3. The van der Waals surface area contributed by atoms with Crippen molar-refractivity contribution in [3.05, 3.63) is 71.6 Å². The summed E-state index contributed by atoms with van der Waals surface area (Å²) in [6.07, 6.45) is 6.38. The van der Waals surface area contributed by atoms with Crippen LogP contribution in [0.4, 0.5) is 0 Å². The molecule has 1 aromatic heterocycles. The molecule has 0 radical (unpaired) electrons. The lowest BCUT2D eigenvalue weighted by Gasteiger charge is -2.22. The van der Waals surface area contributed by atoms with Gasteiger partial charge in [0.05, 0.1) is 18.4 Å². The Morgan fingerprint density at radius 2 is 1.88 bits per heavy atom. The minimum Gasteiger partial charge on any atom is -0.497 e. The van der Waals surface area contributed by atoms with Crippen LogP contribution in [-0.4, -0.2) is 22.8 Å². The summed E-state index contributed by atoms with van der Waals surface area (Å²) in [5.41, 5.74) is 2.64. The molecule has 2 aromatic rings. The van der Waals surface area contributed by atoms with Crippen LogP contribution in [0.25, 0.3) is 5.70 Å². The van der Waals surface area contributed by atoms with Crippen molar-refractivity contribution in [2.45, 2.75) is 13.3 Å². The zero-order chi connectivity index (χ0) is 17.8. The second-order valence-corrected chi connectivity index (χ2v) is 5.89. The summed E-state index contributed by atoms with van der Waals surface area (Å²) >= 11 is 0. The molecule has 4 nitrogen and oxygen atoms in total. The zero-order valence-corrected chi connectivity index (χ0v) is 14.2. The highest BCUT2D eigenvalue weighted by Crippen LogP contribution is 2.33. The third-order valence-corrected chi connectivity index (χ3v) is 4.20. The van der Waals surface area contributed by atoms with Gasteiger partial charge < -0.3 is 14.4 Å². The number of carbonyl (C=O) groups is 1. The lowest BCUT2D eigenvalue weighted by atomic mass is 9.87. The van der Waals surface area contributed by atoms with Crippen molar-refractivity contribution in [1.82, 2.24) is 4.57 Å². The first-order valence-corrected chi connectivity index (χ1v) is 8.07. The Bertz CT molecular complexity index is 891. The van der Waals surface area contributed by atoms with Gasteiger partial charge in [0.2, 0.25) is 0 Å². The summed E-state index contributed by atoms with van der Waals surface area (Å²) in [4.78, 5) is 11.8. The summed E-state index contributed by atoms with van der Waals surface area (Å²) in [6, 6.07) is 11.2. The van der Waals surface area contributed by atoms with Crippen molar-refractivity contribution >= 4 is 11.7 Å². The Balaban J connectivity index is 2.02. The Morgan fingerprint density at radius 3 is 2.48 bits per heavy atom. The van der Waals surface area contributed by atoms with E-state index in [1.54, 1.807) is 7.11 Å². The molecule has 1 aromatic carbocycles. The van der Waals surface area contributed by atoms with E-state index >= 15 is 0 Å². The number of nitrogens with zero attached hydrogens (tertiary/aromatic N) is 1. The van der Waals surface area contributed by atoms with Gasteiger partial charge in [-0.05, 0) is 48.7 Å². The Hall–Kier alpha value is -3.19. The highest BCUT2D eigenvalue weighted by atomic mass is 16.5. The van der Waals surface area contributed by atoms with E-state index in [-0.39, 0.29) is 5.92 Å². The van der Waals surface area contributed by atoms with Crippen LogP contribution in [0.3, 0.4) is 0 Å². The number of aliphatic carboxylic acids is 1. The van der Waals surface area contributed by atoms with E-state index in [0.29, 0.717) is 17.7 Å². The number of rotatable bonds is 3. The highest BCUT2D eigenvalue weighted by Gasteiger charge is 2.26. The van der Waals surface area contributed by atoms with E-state index in [9.17, 15) is 9.90 Å². The normalized spacial score (nSPS) is 16.7. The van der Waals surface area contributed by atoms with Crippen LogP contribution < -0.4 is 4.74 Å². The fourth-order valence-electron chi connectivity index (χ4n) is 2.89. The number of allylic oxidation sites excluding steroid dienone is 3. The van der Waals surface area contributed by atoms with E-state index in [0.717, 1.165) is 16.9 Å². The van der Waals surface area contributed by atoms with Gasteiger partial charge in [-0.1, -0.05) is 24.8 Å². The van der Waals surface area contributed by atoms with Gasteiger partial charge in [-0.3, -0.25) is 0 Å². The van der Waals surface area contributed by atoms with Crippen LogP contribution in [0.5, 0.6) is 5.75 Å². The summed E-state index contributed by atoms with van der Waals surface area (Å²) < 4.78 is 6.97. The molecular weight excluding hydrogens is 314 g/mol. The molecule has 0 amide bonds. The molecule has 0 saturated carbocycles. The van der Waals surface area contributed by atoms with Crippen molar-refractivity contribution in [3.63, 3.8) is 0 Å². The minimum absolute atomic E-state index is 0.0542. The number of carboxylic acids is 1. The van der Waals surface area contributed by atoms with Gasteiger partial charge >= 0.3 is 5.97 Å². The average molecular weight is 333 g/mol. The predicted octanol–water partition coefficient (Wildman–Crippen LogP) is 3.81. The van der Waals surface area contributed by atoms with Gasteiger partial charge in [-0.15, -0.1) is 0 Å². The maximum atomic E-state index is 11.8. The van der Waals surface area contributed by atoms with Crippen LogP contribution in [0.1, 0.15) is 18.9 Å². The van der Waals surface area contributed by atoms with Gasteiger partial charge in [-0.2, -0.15) is 0 Å². The first-order valence-electron chi connectivity index (χ1n) is 8.07. The molecule has 4 heteroatoms. The van der Waals surface area contributed by atoms with Gasteiger partial charge in [-0.25, -0.2) is 4.79 Å². The number of hydrogen-bond donors (Lipinski definition) is 1. The molecule has 3 rings (SSSR count). The molecule has 0 spiro atoms. The van der Waals surface area contributed by atoms with Crippen molar-refractivity contribution in [1.29, 1.82) is 0 Å².